The summed E-state index contributed by atoms with van der Waals surface area (Å²) in [6.07, 6.45) is -6.21. The van der Waals surface area contributed by atoms with E-state index in [1.54, 1.807) is 0 Å². The van der Waals surface area contributed by atoms with Gasteiger partial charge in [0.05, 0.1) is 23.2 Å². The highest BCUT2D eigenvalue weighted by Crippen LogP contribution is 2.39. The molecule has 0 aromatic heterocycles. The van der Waals surface area contributed by atoms with E-state index in [1.807, 2.05) is 6.92 Å². The molecule has 2 aromatic rings. The van der Waals surface area contributed by atoms with E-state index in [4.69, 9.17) is 4.74 Å². The van der Waals surface area contributed by atoms with E-state index in [-0.39, 0.29) is 42.8 Å². The largest absolute Gasteiger partial charge is 0.484 e. The molecular formula is C24H33F4N3O6S. The van der Waals surface area contributed by atoms with Crippen LogP contribution in [-0.2, 0) is 20.5 Å². The number of ether oxygens (including phenoxy) is 2. The van der Waals surface area contributed by atoms with Crippen LogP contribution in [0.25, 0.3) is 0 Å². The fourth-order valence-corrected chi connectivity index (χ4v) is 4.78. The Balaban J connectivity index is 0.00000507. The minimum Gasteiger partial charge on any atom is -0.484 e. The van der Waals surface area contributed by atoms with Gasteiger partial charge in [0.2, 0.25) is 11.5 Å². The number of fused-ring (bicyclic) bond motifs is 1. The summed E-state index contributed by atoms with van der Waals surface area (Å²) in [5.74, 6) is -0.512. The molecule has 3 atom stereocenters. The van der Waals surface area contributed by atoms with Gasteiger partial charge in [0.15, 0.2) is 11.0 Å². The monoisotopic (exact) mass is 567 g/mol. The highest BCUT2D eigenvalue weighted by molar-refractivity contribution is 7.86. The van der Waals surface area contributed by atoms with Crippen molar-refractivity contribution in [1.82, 2.24) is 5.32 Å². The van der Waals surface area contributed by atoms with Gasteiger partial charge in [0.1, 0.15) is 17.7 Å². The normalized spacial score (nSPS) is 16.7. The van der Waals surface area contributed by atoms with Crippen LogP contribution in [-0.4, -0.2) is 52.2 Å². The van der Waals surface area contributed by atoms with Crippen molar-refractivity contribution in [1.29, 1.82) is 0 Å². The quantitative estimate of drug-likeness (QED) is 0.473. The van der Waals surface area contributed by atoms with Gasteiger partial charge in [-0.15, -0.1) is 0 Å². The molecule has 0 bridgehead atoms. The molecule has 2 amide bonds. The van der Waals surface area contributed by atoms with Crippen molar-refractivity contribution in [2.45, 2.75) is 62.9 Å². The van der Waals surface area contributed by atoms with Crippen molar-refractivity contribution < 1.29 is 49.2 Å². The highest BCUT2D eigenvalue weighted by Gasteiger charge is 2.51. The second-order valence-electron chi connectivity index (χ2n) is 8.84. The Morgan fingerprint density at radius 3 is 2.39 bits per heavy atom. The standard InChI is InChI=1S/C24H27F4N3O5S.H2O.2H2/c1-5-18(29-14(2)32)21-13-31(37(34)17-9-6-15(25)7-10-17)19-12-16(8-11-20(19)35-21)30-22(33)36-23(3,4)24(26,27)28;;;/h6-12,18,21H,5,13H2,1-4H3,(H,29,32)(H,30,33);1H2;2*1H/t18-,21-,37?;;;/m1.../s1. The van der Waals surface area contributed by atoms with Crippen molar-refractivity contribution >= 4 is 34.4 Å². The summed E-state index contributed by atoms with van der Waals surface area (Å²) in [5, 5.41) is 5.05. The minimum atomic E-state index is -4.78. The number of hydrogen-bond donors (Lipinski definition) is 2. The maximum atomic E-state index is 13.5. The van der Waals surface area contributed by atoms with Crippen molar-refractivity contribution in [3.8, 4) is 5.75 Å². The topological polar surface area (TPSA) is 128 Å². The lowest BCUT2D eigenvalue weighted by molar-refractivity contribution is -0.242. The molecule has 14 heteroatoms. The molecule has 1 unspecified atom stereocenters. The molecule has 214 valence electrons. The summed E-state index contributed by atoms with van der Waals surface area (Å²) in [4.78, 5) is 24.1. The number of benzene rings is 2. The third-order valence-electron chi connectivity index (χ3n) is 5.62. The maximum Gasteiger partial charge on any atom is 0.427 e. The van der Waals surface area contributed by atoms with E-state index < -0.39 is 46.8 Å². The lowest BCUT2D eigenvalue weighted by Crippen LogP contribution is -2.52. The van der Waals surface area contributed by atoms with Gasteiger partial charge in [-0.1, -0.05) is 6.92 Å². The Morgan fingerprint density at radius 1 is 1.21 bits per heavy atom. The molecule has 3 rings (SSSR count). The Bertz CT molecular complexity index is 1190. The van der Waals surface area contributed by atoms with Gasteiger partial charge < -0.3 is 20.3 Å². The lowest BCUT2D eigenvalue weighted by Gasteiger charge is -2.38. The second-order valence-corrected chi connectivity index (χ2v) is 10.3. The van der Waals surface area contributed by atoms with E-state index in [9.17, 15) is 31.4 Å². The number of carbonyl (C=O) groups excluding carboxylic acids is 2. The number of anilines is 2. The van der Waals surface area contributed by atoms with Crippen molar-refractivity contribution in [2.75, 3.05) is 16.2 Å². The predicted molar refractivity (Wildman–Crippen MR) is 137 cm³/mol. The second kappa shape index (κ2) is 12.0. The van der Waals surface area contributed by atoms with Crippen LogP contribution in [0.5, 0.6) is 5.75 Å². The summed E-state index contributed by atoms with van der Waals surface area (Å²) < 4.78 is 78.3. The predicted octanol–water partition coefficient (Wildman–Crippen LogP) is 4.59. The molecular weight excluding hydrogens is 534 g/mol. The molecule has 1 heterocycles. The number of carbonyl (C=O) groups is 2. The van der Waals surface area contributed by atoms with Crippen LogP contribution in [0.15, 0.2) is 47.4 Å². The minimum absolute atomic E-state index is 0. The zero-order valence-corrected chi connectivity index (χ0v) is 21.8. The molecule has 38 heavy (non-hydrogen) atoms. The summed E-state index contributed by atoms with van der Waals surface area (Å²) in [7, 11) is -1.86. The molecule has 4 N–H and O–H groups in total. The van der Waals surface area contributed by atoms with Gasteiger partial charge in [-0.25, -0.2) is 13.4 Å². The molecule has 0 spiro atoms. The van der Waals surface area contributed by atoms with E-state index in [1.165, 1.54) is 41.6 Å². The molecule has 0 saturated carbocycles. The molecule has 9 nitrogen and oxygen atoms in total. The van der Waals surface area contributed by atoms with Crippen LogP contribution in [0.1, 0.15) is 37.0 Å². The molecule has 1 aliphatic heterocycles. The number of amides is 2. The Labute approximate surface area is 222 Å². The Kier molecular flexibility index (Phi) is 9.72. The van der Waals surface area contributed by atoms with Crippen molar-refractivity contribution in [3.63, 3.8) is 0 Å². The Morgan fingerprint density at radius 2 is 1.84 bits per heavy atom. The molecule has 1 aliphatic rings. The molecule has 0 radical (unpaired) electrons. The van der Waals surface area contributed by atoms with E-state index in [2.05, 4.69) is 15.4 Å². The van der Waals surface area contributed by atoms with E-state index in [0.29, 0.717) is 6.42 Å². The maximum absolute atomic E-state index is 13.5. The first-order chi connectivity index (χ1) is 17.2. The number of alkyl halides is 3. The van der Waals surface area contributed by atoms with Crippen LogP contribution >= 0.6 is 0 Å². The first-order valence-electron chi connectivity index (χ1n) is 11.3. The van der Waals surface area contributed by atoms with Crippen LogP contribution in [0, 0.1) is 5.82 Å². The smallest absolute Gasteiger partial charge is 0.427 e. The van der Waals surface area contributed by atoms with Crippen LogP contribution < -0.4 is 19.7 Å². The number of halogens is 4. The number of nitrogens with one attached hydrogen (secondary N) is 2. The zero-order valence-electron chi connectivity index (χ0n) is 21.0. The van der Waals surface area contributed by atoms with E-state index >= 15 is 0 Å². The van der Waals surface area contributed by atoms with Gasteiger partial charge in [-0.3, -0.25) is 14.4 Å². The fourth-order valence-electron chi connectivity index (χ4n) is 3.55. The van der Waals surface area contributed by atoms with Crippen LogP contribution in [0.4, 0.5) is 33.7 Å². The third-order valence-corrected chi connectivity index (χ3v) is 7.04. The third kappa shape index (κ3) is 7.13. The Hall–Kier alpha value is -3.39. The zero-order chi connectivity index (χ0) is 27.5. The average Bonchev–Trinajstić information content (AvgIpc) is 2.80. The van der Waals surface area contributed by atoms with E-state index in [0.717, 1.165) is 26.0 Å². The molecule has 2 aromatic carbocycles. The van der Waals surface area contributed by atoms with Gasteiger partial charge >= 0.3 is 12.3 Å². The lowest BCUT2D eigenvalue weighted by atomic mass is 10.1. The first-order valence-corrected chi connectivity index (χ1v) is 12.4. The summed E-state index contributed by atoms with van der Waals surface area (Å²) in [6, 6.07) is 8.86. The van der Waals surface area contributed by atoms with Crippen molar-refractivity contribution in [2.24, 2.45) is 0 Å². The van der Waals surface area contributed by atoms with Gasteiger partial charge in [0, 0.05) is 15.5 Å². The highest BCUT2D eigenvalue weighted by atomic mass is 32.2. The molecule has 0 saturated heterocycles. The summed E-state index contributed by atoms with van der Waals surface area (Å²) >= 11 is 0. The van der Waals surface area contributed by atoms with Gasteiger partial charge in [-0.2, -0.15) is 13.2 Å². The summed E-state index contributed by atoms with van der Waals surface area (Å²) in [5.41, 5.74) is -2.39. The summed E-state index contributed by atoms with van der Waals surface area (Å²) in [6.45, 7) is 4.71. The van der Waals surface area contributed by atoms with Crippen LogP contribution in [0.2, 0.25) is 0 Å². The number of hydrogen-bond acceptors (Lipinski definition) is 5. The van der Waals surface area contributed by atoms with Gasteiger partial charge in [0.25, 0.3) is 0 Å². The van der Waals surface area contributed by atoms with Crippen LogP contribution in [0.3, 0.4) is 0 Å². The first kappa shape index (κ1) is 30.8. The average molecular weight is 568 g/mol. The number of rotatable bonds is 7. The van der Waals surface area contributed by atoms with Gasteiger partial charge in [-0.05, 0) is 62.7 Å². The number of nitrogens with zero attached hydrogens (tertiary/aromatic N) is 1. The van der Waals surface area contributed by atoms with Crippen molar-refractivity contribution in [3.05, 3.63) is 48.3 Å². The fraction of sp³-hybridized carbons (Fsp3) is 0.417. The molecule has 0 fully saturated rings. The SMILES string of the molecule is CC[C@@H](NC(C)=O)[C@H]1CN(S(=O)c2ccc(F)cc2)c2cc(NC(=O)OC(C)(C)C(F)(F)F)ccc2O1.O.[HH].[HH]. The molecule has 0 aliphatic carbocycles.